The van der Waals surface area contributed by atoms with Crippen molar-refractivity contribution in [3.8, 4) is 5.75 Å². The Kier molecular flexibility index (Phi) is 8.79. The second kappa shape index (κ2) is 11.6. The summed E-state index contributed by atoms with van der Waals surface area (Å²) in [5, 5.41) is 3.17. The molecule has 0 aliphatic carbocycles. The number of para-hydroxylation sites is 1. The zero-order chi connectivity index (χ0) is 25.5. The Balaban J connectivity index is 1.82. The van der Waals surface area contributed by atoms with Gasteiger partial charge in [-0.15, -0.1) is 0 Å². The summed E-state index contributed by atoms with van der Waals surface area (Å²) in [5.41, 5.74) is 3.14. The van der Waals surface area contributed by atoms with E-state index in [0.29, 0.717) is 6.54 Å². The fourth-order valence-corrected chi connectivity index (χ4v) is 4.71. The van der Waals surface area contributed by atoms with Crippen LogP contribution in [0.1, 0.15) is 25.8 Å². The van der Waals surface area contributed by atoms with Gasteiger partial charge >= 0.3 is 11.4 Å². The molecule has 1 heterocycles. The molecule has 2 aromatic carbocycles. The van der Waals surface area contributed by atoms with Gasteiger partial charge in [0.15, 0.2) is 5.71 Å². The molecule has 0 fully saturated rings. The van der Waals surface area contributed by atoms with Gasteiger partial charge in [0.1, 0.15) is 12.3 Å². The fourth-order valence-electron chi connectivity index (χ4n) is 3.94. The molecule has 0 radical (unpaired) electrons. The molecule has 0 spiro atoms. The molecule has 0 amide bonds. The maximum absolute atomic E-state index is 11.2. The molecular weight excluding hydrogens is 488 g/mol. The molecule has 8 nitrogen and oxygen atoms in total. The Labute approximate surface area is 208 Å². The summed E-state index contributed by atoms with van der Waals surface area (Å²) in [4.78, 5) is 0. The number of hydrogen-bond donors (Lipinski definition) is 3. The van der Waals surface area contributed by atoms with Gasteiger partial charge in [-0.1, -0.05) is 36.4 Å². The lowest BCUT2D eigenvalue weighted by Crippen LogP contribution is -2.28. The summed E-state index contributed by atoms with van der Waals surface area (Å²) in [6.07, 6.45) is 11.5. The standard InChI is InChI=1S/C25H28N2O6S2/c1-25(2)22-19-21(33-34(28)29)14-15-23(22)27(17-10-18-35(30,31)32)24(25)13-8-3-4-9-16-26-20-11-6-5-7-12-20/h3-9,11-16,19H,10,17-18H2,1-2H3,(H2,28,29,30,31,32)/p+1. The topological polar surface area (TPSA) is 116 Å². The Hall–Kier alpha value is -3.05. The maximum Gasteiger partial charge on any atom is 0.357 e. The Morgan fingerprint density at radius 1 is 1.09 bits per heavy atom. The van der Waals surface area contributed by atoms with Crippen LogP contribution in [0.15, 0.2) is 85.1 Å². The van der Waals surface area contributed by atoms with E-state index in [9.17, 15) is 12.6 Å². The molecule has 0 bridgehead atoms. The fraction of sp³-hybridized carbons (Fsp3) is 0.240. The first-order chi connectivity index (χ1) is 16.6. The van der Waals surface area contributed by atoms with Crippen molar-refractivity contribution < 1.29 is 30.5 Å². The molecule has 186 valence electrons. The van der Waals surface area contributed by atoms with Crippen LogP contribution in [0.5, 0.6) is 5.75 Å². The number of nitrogens with zero attached hydrogens (tertiary/aromatic N) is 1. The van der Waals surface area contributed by atoms with E-state index in [2.05, 4.69) is 5.32 Å². The highest BCUT2D eigenvalue weighted by molar-refractivity contribution is 7.85. The molecule has 2 aromatic rings. The highest BCUT2D eigenvalue weighted by Gasteiger charge is 2.44. The maximum atomic E-state index is 11.2. The highest BCUT2D eigenvalue weighted by Crippen LogP contribution is 2.42. The number of benzene rings is 2. The first-order valence-corrected chi connectivity index (χ1v) is 13.6. The lowest BCUT2D eigenvalue weighted by molar-refractivity contribution is -0.437. The molecule has 3 rings (SSSR count). The van der Waals surface area contributed by atoms with Gasteiger partial charge in [0.2, 0.25) is 5.69 Å². The van der Waals surface area contributed by atoms with Gasteiger partial charge in [-0.05, 0) is 44.2 Å². The van der Waals surface area contributed by atoms with Crippen molar-refractivity contribution in [2.45, 2.75) is 25.7 Å². The van der Waals surface area contributed by atoms with Crippen LogP contribution in [0.2, 0.25) is 0 Å². The van der Waals surface area contributed by atoms with E-state index in [1.165, 1.54) is 0 Å². The largest absolute Gasteiger partial charge is 0.380 e. The molecule has 3 N–H and O–H groups in total. The van der Waals surface area contributed by atoms with Gasteiger partial charge in [0, 0.05) is 36.0 Å². The second-order valence-corrected chi connectivity index (χ2v) is 10.6. The van der Waals surface area contributed by atoms with E-state index >= 15 is 0 Å². The van der Waals surface area contributed by atoms with Crippen LogP contribution in [-0.2, 0) is 26.9 Å². The first-order valence-electron chi connectivity index (χ1n) is 10.9. The van der Waals surface area contributed by atoms with Gasteiger partial charge in [-0.25, -0.2) is 0 Å². The van der Waals surface area contributed by atoms with Crippen LogP contribution in [0.3, 0.4) is 0 Å². The van der Waals surface area contributed by atoms with E-state index in [1.807, 2.05) is 85.3 Å². The van der Waals surface area contributed by atoms with E-state index in [0.717, 1.165) is 22.6 Å². The van der Waals surface area contributed by atoms with Crippen molar-refractivity contribution in [1.82, 2.24) is 0 Å². The van der Waals surface area contributed by atoms with Gasteiger partial charge in [-0.2, -0.15) is 17.2 Å². The highest BCUT2D eigenvalue weighted by atomic mass is 32.2. The smallest absolute Gasteiger partial charge is 0.357 e. The summed E-state index contributed by atoms with van der Waals surface area (Å²) in [5.74, 6) is -0.0863. The molecular formula is C25H29N2O6S2+. The molecule has 0 saturated carbocycles. The number of fused-ring (bicyclic) bond motifs is 1. The van der Waals surface area contributed by atoms with Crippen molar-refractivity contribution in [2.24, 2.45) is 0 Å². The van der Waals surface area contributed by atoms with E-state index in [4.69, 9.17) is 13.3 Å². The molecule has 1 unspecified atom stereocenters. The number of anilines is 1. The van der Waals surface area contributed by atoms with Crippen molar-refractivity contribution in [3.05, 3.63) is 90.7 Å². The van der Waals surface area contributed by atoms with Crippen LogP contribution in [0.4, 0.5) is 11.4 Å². The van der Waals surface area contributed by atoms with Gasteiger partial charge in [0.05, 0.1) is 11.2 Å². The van der Waals surface area contributed by atoms with E-state index in [1.54, 1.807) is 18.2 Å². The van der Waals surface area contributed by atoms with Crippen LogP contribution >= 0.6 is 0 Å². The predicted molar refractivity (Wildman–Crippen MR) is 139 cm³/mol. The summed E-state index contributed by atoms with van der Waals surface area (Å²) in [6.45, 7) is 4.40. The molecule has 0 saturated heterocycles. The summed E-state index contributed by atoms with van der Waals surface area (Å²) >= 11 is -2.44. The van der Waals surface area contributed by atoms with Crippen LogP contribution in [-0.4, -0.2) is 44.3 Å². The monoisotopic (exact) mass is 517 g/mol. The molecule has 1 aliphatic rings. The first kappa shape index (κ1) is 26.6. The van der Waals surface area contributed by atoms with E-state index in [-0.39, 0.29) is 17.9 Å². The molecule has 1 aliphatic heterocycles. The van der Waals surface area contributed by atoms with Crippen molar-refractivity contribution in [1.29, 1.82) is 0 Å². The van der Waals surface area contributed by atoms with Gasteiger partial charge in [-0.3, -0.25) is 9.11 Å². The lowest BCUT2D eigenvalue weighted by Gasteiger charge is -2.15. The zero-order valence-electron chi connectivity index (χ0n) is 19.5. The summed E-state index contributed by atoms with van der Waals surface area (Å²) < 4.78 is 58.7. The van der Waals surface area contributed by atoms with Gasteiger partial charge < -0.3 is 9.50 Å². The van der Waals surface area contributed by atoms with Crippen molar-refractivity contribution in [2.75, 3.05) is 17.6 Å². The number of allylic oxidation sites excluding steroid dienone is 5. The van der Waals surface area contributed by atoms with Crippen molar-refractivity contribution in [3.63, 3.8) is 0 Å². The third-order valence-corrected chi connectivity index (χ3v) is 6.66. The molecule has 35 heavy (non-hydrogen) atoms. The normalized spacial score (nSPS) is 16.3. The summed E-state index contributed by atoms with van der Waals surface area (Å²) in [6, 6.07) is 14.9. The predicted octanol–water partition coefficient (Wildman–Crippen LogP) is 4.59. The molecule has 10 heteroatoms. The number of rotatable bonds is 11. The third kappa shape index (κ3) is 7.46. The SMILES string of the molecule is CC1(C)C(/C=C/C=C/C=C/Nc2ccccc2)=[N+](CCCS(=O)(=O)O)c2ccc(OS(=O)O)cc21. The number of hydrogen-bond acceptors (Lipinski definition) is 5. The zero-order valence-corrected chi connectivity index (χ0v) is 21.1. The number of nitrogens with one attached hydrogen (secondary N) is 1. The average Bonchev–Trinajstić information content (AvgIpc) is 2.99. The minimum absolute atomic E-state index is 0.230. The quantitative estimate of drug-likeness (QED) is 0.173. The van der Waals surface area contributed by atoms with Crippen LogP contribution in [0.25, 0.3) is 0 Å². The second-order valence-electron chi connectivity index (χ2n) is 8.39. The van der Waals surface area contributed by atoms with Crippen LogP contribution in [0, 0.1) is 0 Å². The lowest BCUT2D eigenvalue weighted by atomic mass is 9.81. The minimum atomic E-state index is -4.07. The Morgan fingerprint density at radius 3 is 2.49 bits per heavy atom. The summed E-state index contributed by atoms with van der Waals surface area (Å²) in [7, 11) is -4.07. The Bertz CT molecular complexity index is 1300. The van der Waals surface area contributed by atoms with Crippen LogP contribution < -0.4 is 9.50 Å². The average molecular weight is 518 g/mol. The van der Waals surface area contributed by atoms with E-state index < -0.39 is 26.9 Å². The Morgan fingerprint density at radius 2 is 1.80 bits per heavy atom. The minimum Gasteiger partial charge on any atom is -0.380 e. The molecule has 0 aromatic heterocycles. The third-order valence-electron chi connectivity index (χ3n) is 5.52. The molecule has 1 atom stereocenters. The van der Waals surface area contributed by atoms with Crippen molar-refractivity contribution >= 4 is 38.6 Å². The van der Waals surface area contributed by atoms with Gasteiger partial charge in [0.25, 0.3) is 10.1 Å².